The minimum atomic E-state index is -0.417. The number of rotatable bonds is 0. The first-order valence-electron chi connectivity index (χ1n) is 2.78. The van der Waals surface area contributed by atoms with Crippen molar-refractivity contribution in [2.75, 3.05) is 0 Å². The van der Waals surface area contributed by atoms with Crippen LogP contribution in [-0.2, 0) is 26.2 Å². The van der Waals surface area contributed by atoms with Crippen LogP contribution in [0, 0.1) is 0 Å². The quantitative estimate of drug-likeness (QED) is 0.443. The number of halogens is 2. The first-order chi connectivity index (χ1) is 3.46. The predicted octanol–water partition coefficient (Wildman–Crippen LogP) is -6.48. The Morgan fingerprint density at radius 1 is 0.727 bits per heavy atom. The van der Waals surface area contributed by atoms with E-state index in [-0.39, 0.29) is 51.0 Å². The van der Waals surface area contributed by atoms with E-state index in [0.717, 1.165) is 0 Å². The molecular formula is C6H14Cl2O2Zr. The number of hydrogen-bond donors (Lipinski definition) is 0. The molecule has 11 heavy (non-hydrogen) atoms. The summed E-state index contributed by atoms with van der Waals surface area (Å²) in [4.78, 5) is 0. The molecule has 0 atom stereocenters. The molecule has 5 heteroatoms. The first-order valence-corrected chi connectivity index (χ1v) is 2.78. The van der Waals surface area contributed by atoms with Gasteiger partial charge in [0.15, 0.2) is 0 Å². The van der Waals surface area contributed by atoms with Gasteiger partial charge in [-0.25, -0.2) is 0 Å². The fourth-order valence-electron chi connectivity index (χ4n) is 0. The average Bonchev–Trinajstić information content (AvgIpc) is 1.25. The van der Waals surface area contributed by atoms with Gasteiger partial charge in [0.05, 0.1) is 0 Å². The van der Waals surface area contributed by atoms with E-state index in [1.165, 1.54) is 0 Å². The molecule has 0 unspecified atom stereocenters. The third-order valence-corrected chi connectivity index (χ3v) is 0. The average molecular weight is 280 g/mol. The van der Waals surface area contributed by atoms with Crippen molar-refractivity contribution in [3.8, 4) is 0 Å². The van der Waals surface area contributed by atoms with Gasteiger partial charge in [0, 0.05) is 0 Å². The van der Waals surface area contributed by atoms with Crippen LogP contribution < -0.4 is 35.0 Å². The molecule has 0 aliphatic heterocycles. The molecule has 0 aromatic heterocycles. The second kappa shape index (κ2) is 22.5. The van der Waals surface area contributed by atoms with Crippen molar-refractivity contribution in [3.63, 3.8) is 0 Å². The molecule has 0 spiro atoms. The maximum absolute atomic E-state index is 9.53. The zero-order valence-corrected chi connectivity index (χ0v) is 11.2. The molecule has 0 aromatic carbocycles. The minimum Gasteiger partial charge on any atom is -1.00 e. The molecule has 0 saturated heterocycles. The Morgan fingerprint density at radius 3 is 0.727 bits per heavy atom. The molecule has 0 rings (SSSR count). The third kappa shape index (κ3) is 524. The van der Waals surface area contributed by atoms with Gasteiger partial charge < -0.3 is 35.0 Å². The van der Waals surface area contributed by atoms with E-state index >= 15 is 0 Å². The van der Waals surface area contributed by atoms with E-state index in [1.807, 2.05) is 0 Å². The Morgan fingerprint density at radius 2 is 0.727 bits per heavy atom. The molecule has 0 saturated carbocycles. The van der Waals surface area contributed by atoms with E-state index in [9.17, 15) is 10.2 Å². The van der Waals surface area contributed by atoms with Crippen LogP contribution in [0.5, 0.6) is 0 Å². The van der Waals surface area contributed by atoms with Gasteiger partial charge in [-0.15, -0.1) is 12.2 Å². The van der Waals surface area contributed by atoms with E-state index in [0.29, 0.717) is 0 Å². The van der Waals surface area contributed by atoms with Crippen LogP contribution in [0.2, 0.25) is 0 Å². The molecule has 0 radical (unpaired) electrons. The summed E-state index contributed by atoms with van der Waals surface area (Å²) in [6, 6.07) is 0. The molecule has 68 valence electrons. The van der Waals surface area contributed by atoms with Crippen LogP contribution in [0.25, 0.3) is 0 Å². The maximum Gasteiger partial charge on any atom is 4.00 e. The molecule has 0 aromatic rings. The van der Waals surface area contributed by atoms with Crippen molar-refractivity contribution in [1.29, 1.82) is 0 Å². The summed E-state index contributed by atoms with van der Waals surface area (Å²) < 4.78 is 0. The predicted molar refractivity (Wildman–Crippen MR) is 30.3 cm³/mol. The van der Waals surface area contributed by atoms with Crippen LogP contribution in [0.15, 0.2) is 0 Å². The topological polar surface area (TPSA) is 46.1 Å². The van der Waals surface area contributed by atoms with E-state index in [4.69, 9.17) is 0 Å². The normalized spacial score (nSPS) is 6.55. The van der Waals surface area contributed by atoms with Gasteiger partial charge in [-0.05, 0) is 0 Å². The number of hydrogen-bond acceptors (Lipinski definition) is 2. The van der Waals surface area contributed by atoms with Gasteiger partial charge in [-0.1, -0.05) is 27.7 Å². The molecule has 2 nitrogen and oxygen atoms in total. The van der Waals surface area contributed by atoms with Crippen molar-refractivity contribution in [3.05, 3.63) is 0 Å². The van der Waals surface area contributed by atoms with Crippen molar-refractivity contribution in [2.45, 2.75) is 39.9 Å². The molecule has 0 aliphatic carbocycles. The smallest absolute Gasteiger partial charge is 1.00 e. The van der Waals surface area contributed by atoms with Gasteiger partial charge in [-0.3, -0.25) is 0 Å². The van der Waals surface area contributed by atoms with Crippen LogP contribution in [-0.4, -0.2) is 12.2 Å². The fraction of sp³-hybridized carbons (Fsp3) is 1.00. The second-order valence-corrected chi connectivity index (χ2v) is 2.10. The van der Waals surface area contributed by atoms with Crippen LogP contribution in [0.1, 0.15) is 27.7 Å². The zero-order chi connectivity index (χ0) is 7.15. The second-order valence-electron chi connectivity index (χ2n) is 2.10. The maximum atomic E-state index is 9.53. The van der Waals surface area contributed by atoms with Crippen LogP contribution in [0.4, 0.5) is 0 Å². The summed E-state index contributed by atoms with van der Waals surface area (Å²) in [7, 11) is 0. The summed E-state index contributed by atoms with van der Waals surface area (Å²) in [5.74, 6) is 0. The summed E-state index contributed by atoms with van der Waals surface area (Å²) >= 11 is 0. The Labute approximate surface area is 101 Å². The SMILES string of the molecule is CC(C)[O-].CC(C)[O-].[Cl-].[Cl-].[Zr+4]. The summed E-state index contributed by atoms with van der Waals surface area (Å²) in [6.45, 7) is 6.44. The van der Waals surface area contributed by atoms with Gasteiger partial charge in [0.25, 0.3) is 0 Å². The molecule has 0 fully saturated rings. The van der Waals surface area contributed by atoms with Gasteiger partial charge in [0.2, 0.25) is 0 Å². The van der Waals surface area contributed by atoms with Crippen molar-refractivity contribution < 1.29 is 61.2 Å². The Kier molecular flexibility index (Phi) is 60.2. The van der Waals surface area contributed by atoms with E-state index in [1.54, 1.807) is 27.7 Å². The fourth-order valence-corrected chi connectivity index (χ4v) is 0. The van der Waals surface area contributed by atoms with E-state index in [2.05, 4.69) is 0 Å². The summed E-state index contributed by atoms with van der Waals surface area (Å²) in [5, 5.41) is 19.1. The molecular weight excluding hydrogens is 266 g/mol. The Balaban J connectivity index is -0.0000000171. The van der Waals surface area contributed by atoms with Crippen molar-refractivity contribution in [2.24, 2.45) is 0 Å². The van der Waals surface area contributed by atoms with Gasteiger partial charge in [-0.2, -0.15) is 0 Å². The van der Waals surface area contributed by atoms with Crippen molar-refractivity contribution in [1.82, 2.24) is 0 Å². The third-order valence-electron chi connectivity index (χ3n) is 0. The van der Waals surface area contributed by atoms with Crippen LogP contribution in [0.3, 0.4) is 0 Å². The van der Waals surface area contributed by atoms with E-state index < -0.39 is 12.2 Å². The summed E-state index contributed by atoms with van der Waals surface area (Å²) in [6.07, 6.45) is -0.833. The minimum absolute atomic E-state index is 0. The molecule has 0 amide bonds. The van der Waals surface area contributed by atoms with Crippen LogP contribution >= 0.6 is 0 Å². The Hall–Kier alpha value is 1.38. The van der Waals surface area contributed by atoms with Crippen molar-refractivity contribution >= 4 is 0 Å². The monoisotopic (exact) mass is 278 g/mol. The molecule has 0 aliphatic rings. The molecule has 0 heterocycles. The molecule has 0 bridgehead atoms. The van der Waals surface area contributed by atoms with Gasteiger partial charge in [0.1, 0.15) is 0 Å². The summed E-state index contributed by atoms with van der Waals surface area (Å²) in [5.41, 5.74) is 0. The molecule has 0 N–H and O–H groups in total. The standard InChI is InChI=1S/2C3H7O.2ClH.Zr/c2*1-3(2)4;;;/h2*3H,1-2H3;2*1H;/q2*-1;;;+4/p-2. The largest absolute Gasteiger partial charge is 4.00 e. The zero-order valence-electron chi connectivity index (χ0n) is 7.23. The van der Waals surface area contributed by atoms with Gasteiger partial charge >= 0.3 is 26.2 Å². The Bertz CT molecular complexity index is 34.1. The first kappa shape index (κ1) is 29.4.